The molecule has 0 aliphatic rings. The summed E-state index contributed by atoms with van der Waals surface area (Å²) in [7, 11) is 1.80. The van der Waals surface area contributed by atoms with E-state index in [0.717, 1.165) is 5.56 Å². The van der Waals surface area contributed by atoms with E-state index in [4.69, 9.17) is 11.0 Å². The van der Waals surface area contributed by atoms with Crippen LogP contribution in [-0.4, -0.2) is 57.8 Å². The van der Waals surface area contributed by atoms with Crippen molar-refractivity contribution in [1.82, 2.24) is 19.4 Å². The Balaban J connectivity index is 2.56. The number of primary amides is 1. The first kappa shape index (κ1) is 21.1. The Kier molecular flexibility index (Phi) is 6.84. The Labute approximate surface area is 163 Å². The Morgan fingerprint density at radius 1 is 1.29 bits per heavy atom. The third-order valence-corrected chi connectivity index (χ3v) is 4.45. The smallest absolute Gasteiger partial charge is 0.265 e. The van der Waals surface area contributed by atoms with E-state index in [1.165, 1.54) is 10.6 Å². The van der Waals surface area contributed by atoms with Crippen LogP contribution in [0.3, 0.4) is 0 Å². The normalized spacial score (nSPS) is 10.8. The van der Waals surface area contributed by atoms with E-state index in [1.54, 1.807) is 29.1 Å². The number of nitriles is 1. The summed E-state index contributed by atoms with van der Waals surface area (Å²) in [6.07, 6.45) is 1.60. The SMILES string of the molecule is CCN(CC)C(=O)Cn1c(=O)c(C(N)=O)cc2cc(CN(C)CC#N)cnc21. The molecule has 2 heterocycles. The van der Waals surface area contributed by atoms with Crippen LogP contribution in [0.5, 0.6) is 0 Å². The van der Waals surface area contributed by atoms with E-state index in [-0.39, 0.29) is 24.6 Å². The summed E-state index contributed by atoms with van der Waals surface area (Å²) in [5.41, 5.74) is 5.65. The van der Waals surface area contributed by atoms with Gasteiger partial charge in [-0.1, -0.05) is 0 Å². The predicted molar refractivity (Wildman–Crippen MR) is 104 cm³/mol. The summed E-state index contributed by atoms with van der Waals surface area (Å²) in [6.45, 7) is 5.23. The van der Waals surface area contributed by atoms with Gasteiger partial charge in [0.25, 0.3) is 11.5 Å². The fraction of sp³-hybridized carbons (Fsp3) is 0.421. The fourth-order valence-electron chi connectivity index (χ4n) is 3.02. The van der Waals surface area contributed by atoms with Crippen LogP contribution in [-0.2, 0) is 17.9 Å². The van der Waals surface area contributed by atoms with E-state index in [2.05, 4.69) is 11.1 Å². The van der Waals surface area contributed by atoms with Crippen LogP contribution in [0.1, 0.15) is 29.8 Å². The Morgan fingerprint density at radius 2 is 1.96 bits per heavy atom. The minimum absolute atomic E-state index is 0.191. The van der Waals surface area contributed by atoms with Gasteiger partial charge in [-0.3, -0.25) is 23.9 Å². The molecule has 0 aliphatic carbocycles. The Hall–Kier alpha value is -3.25. The quantitative estimate of drug-likeness (QED) is 0.653. The molecule has 2 rings (SSSR count). The second kappa shape index (κ2) is 9.10. The minimum Gasteiger partial charge on any atom is -0.365 e. The molecule has 0 aliphatic heterocycles. The number of amides is 2. The largest absolute Gasteiger partial charge is 0.365 e. The van der Waals surface area contributed by atoms with Gasteiger partial charge in [0.15, 0.2) is 0 Å². The first-order chi connectivity index (χ1) is 13.3. The van der Waals surface area contributed by atoms with Crippen LogP contribution in [0.25, 0.3) is 11.0 Å². The van der Waals surface area contributed by atoms with Crippen molar-refractivity contribution >= 4 is 22.8 Å². The van der Waals surface area contributed by atoms with Gasteiger partial charge in [-0.2, -0.15) is 5.26 Å². The van der Waals surface area contributed by atoms with Crippen LogP contribution in [0, 0.1) is 11.3 Å². The summed E-state index contributed by atoms with van der Waals surface area (Å²) in [4.78, 5) is 44.7. The second-order valence-corrected chi connectivity index (χ2v) is 6.47. The molecule has 0 aromatic carbocycles. The second-order valence-electron chi connectivity index (χ2n) is 6.47. The molecule has 2 aromatic heterocycles. The molecule has 28 heavy (non-hydrogen) atoms. The van der Waals surface area contributed by atoms with Crippen molar-refractivity contribution < 1.29 is 9.59 Å². The fourth-order valence-corrected chi connectivity index (χ4v) is 3.02. The number of nitrogens with two attached hydrogens (primary N) is 1. The number of nitrogens with zero attached hydrogens (tertiary/aromatic N) is 5. The molecule has 9 heteroatoms. The first-order valence-corrected chi connectivity index (χ1v) is 8.97. The van der Waals surface area contributed by atoms with Gasteiger partial charge in [-0.05, 0) is 38.6 Å². The van der Waals surface area contributed by atoms with Crippen molar-refractivity contribution in [3.05, 3.63) is 39.8 Å². The predicted octanol–water partition coefficient (Wildman–Crippen LogP) is 0.319. The van der Waals surface area contributed by atoms with E-state index >= 15 is 0 Å². The minimum atomic E-state index is -0.858. The zero-order chi connectivity index (χ0) is 20.8. The monoisotopic (exact) mass is 384 g/mol. The molecule has 9 nitrogen and oxygen atoms in total. The molecule has 148 valence electrons. The van der Waals surface area contributed by atoms with Gasteiger partial charge in [0.1, 0.15) is 17.8 Å². The van der Waals surface area contributed by atoms with Crippen molar-refractivity contribution in [3.63, 3.8) is 0 Å². The van der Waals surface area contributed by atoms with Crippen molar-refractivity contribution in [2.45, 2.75) is 26.9 Å². The maximum absolute atomic E-state index is 12.7. The number of aromatic nitrogens is 2. The zero-order valence-electron chi connectivity index (χ0n) is 16.3. The molecule has 0 saturated carbocycles. The number of hydrogen-bond donors (Lipinski definition) is 1. The molecule has 0 fully saturated rings. The van der Waals surface area contributed by atoms with E-state index < -0.39 is 11.5 Å². The molecule has 2 N–H and O–H groups in total. The average molecular weight is 384 g/mol. The third kappa shape index (κ3) is 4.53. The van der Waals surface area contributed by atoms with Crippen LogP contribution < -0.4 is 11.3 Å². The molecule has 0 atom stereocenters. The zero-order valence-corrected chi connectivity index (χ0v) is 16.3. The van der Waals surface area contributed by atoms with E-state index in [0.29, 0.717) is 30.7 Å². The maximum Gasteiger partial charge on any atom is 0.265 e. The molecular weight excluding hydrogens is 360 g/mol. The highest BCUT2D eigenvalue weighted by molar-refractivity contribution is 5.96. The van der Waals surface area contributed by atoms with Crippen molar-refractivity contribution in [1.29, 1.82) is 5.26 Å². The Bertz CT molecular complexity index is 988. The lowest BCUT2D eigenvalue weighted by Gasteiger charge is -2.20. The number of hydrogen-bond acceptors (Lipinski definition) is 6. The molecule has 0 spiro atoms. The molecule has 2 amide bonds. The number of carbonyl (C=O) groups excluding carboxylic acids is 2. The maximum atomic E-state index is 12.7. The summed E-state index contributed by atoms with van der Waals surface area (Å²) >= 11 is 0. The van der Waals surface area contributed by atoms with E-state index in [9.17, 15) is 14.4 Å². The molecule has 0 unspecified atom stereocenters. The number of pyridine rings is 2. The first-order valence-electron chi connectivity index (χ1n) is 8.97. The van der Waals surface area contributed by atoms with E-state index in [1.807, 2.05) is 13.8 Å². The van der Waals surface area contributed by atoms with Gasteiger partial charge in [-0.15, -0.1) is 0 Å². The molecule has 0 saturated heterocycles. The molecular formula is C19H24N6O3. The summed E-state index contributed by atoms with van der Waals surface area (Å²) in [5, 5.41) is 9.32. The van der Waals surface area contributed by atoms with Gasteiger partial charge in [0.05, 0.1) is 12.6 Å². The lowest BCUT2D eigenvalue weighted by molar-refractivity contribution is -0.131. The number of likely N-dealkylation sites (N-methyl/N-ethyl adjacent to an activating group) is 1. The summed E-state index contributed by atoms with van der Waals surface area (Å²) < 4.78 is 1.19. The van der Waals surface area contributed by atoms with Crippen molar-refractivity contribution in [2.24, 2.45) is 5.73 Å². The number of carbonyl (C=O) groups is 2. The molecule has 0 radical (unpaired) electrons. The van der Waals surface area contributed by atoms with Crippen molar-refractivity contribution in [3.8, 4) is 6.07 Å². The van der Waals surface area contributed by atoms with Crippen LogP contribution in [0.15, 0.2) is 23.1 Å². The van der Waals surface area contributed by atoms with Crippen LogP contribution >= 0.6 is 0 Å². The Morgan fingerprint density at radius 3 is 2.54 bits per heavy atom. The lowest BCUT2D eigenvalue weighted by atomic mass is 10.1. The topological polar surface area (TPSA) is 125 Å². The highest BCUT2D eigenvalue weighted by atomic mass is 16.2. The highest BCUT2D eigenvalue weighted by Gasteiger charge is 2.19. The van der Waals surface area contributed by atoms with Gasteiger partial charge < -0.3 is 10.6 Å². The van der Waals surface area contributed by atoms with Gasteiger partial charge >= 0.3 is 0 Å². The average Bonchev–Trinajstić information content (AvgIpc) is 2.64. The third-order valence-electron chi connectivity index (χ3n) is 4.45. The standard InChI is InChI=1S/C19H24N6O3/c1-4-24(5-2)16(26)12-25-18-14(9-15(17(21)27)19(25)28)8-13(10-22-18)11-23(3)7-6-20/h8-10H,4-5,7,11-12H2,1-3H3,(H2,21,27). The number of fused-ring (bicyclic) bond motifs is 1. The van der Waals surface area contributed by atoms with Gasteiger partial charge in [0, 0.05) is 31.2 Å². The molecule has 2 aromatic rings. The highest BCUT2D eigenvalue weighted by Crippen LogP contribution is 2.15. The van der Waals surface area contributed by atoms with Crippen molar-refractivity contribution in [2.75, 3.05) is 26.7 Å². The van der Waals surface area contributed by atoms with Crippen LogP contribution in [0.4, 0.5) is 0 Å². The summed E-state index contributed by atoms with van der Waals surface area (Å²) in [6, 6.07) is 5.25. The summed E-state index contributed by atoms with van der Waals surface area (Å²) in [5.74, 6) is -1.10. The lowest BCUT2D eigenvalue weighted by Crippen LogP contribution is -2.38. The molecule has 0 bridgehead atoms. The van der Waals surface area contributed by atoms with Gasteiger partial charge in [-0.25, -0.2) is 4.98 Å². The number of rotatable bonds is 8. The van der Waals surface area contributed by atoms with Gasteiger partial charge in [0.2, 0.25) is 5.91 Å². The van der Waals surface area contributed by atoms with Crippen LogP contribution in [0.2, 0.25) is 0 Å².